The van der Waals surface area contributed by atoms with Crippen molar-refractivity contribution in [2.75, 3.05) is 0 Å². The summed E-state index contributed by atoms with van der Waals surface area (Å²) >= 11 is 0. The number of carbonyl (C=O) groups is 3. The third kappa shape index (κ3) is 11.0. The lowest BCUT2D eigenvalue weighted by atomic mass is 9.49. The highest BCUT2D eigenvalue weighted by atomic mass is 32.2. The largest absolute Gasteiger partial charge is 0.459 e. The highest BCUT2D eigenvalue weighted by Crippen LogP contribution is 2.62. The lowest BCUT2D eigenvalue weighted by molar-refractivity contribution is -0.222. The van der Waals surface area contributed by atoms with E-state index in [1.54, 1.807) is 0 Å². The molecule has 10 saturated carbocycles. The molecule has 0 radical (unpaired) electrons. The van der Waals surface area contributed by atoms with Crippen molar-refractivity contribution in [3.05, 3.63) is 0 Å². The minimum absolute atomic E-state index is 0. The molecule has 1 saturated heterocycles. The molecule has 8 atom stereocenters. The maximum Gasteiger partial charge on any atom is 0.312 e. The summed E-state index contributed by atoms with van der Waals surface area (Å²) in [7, 11) is -3.43. The molecule has 1 N–H and O–H groups in total. The van der Waals surface area contributed by atoms with Gasteiger partial charge in [0.1, 0.15) is 23.4 Å². The number of hydrogen-bond donors (Lipinski definition) is 1. The highest BCUT2D eigenvalue weighted by Gasteiger charge is 2.66. The van der Waals surface area contributed by atoms with Crippen LogP contribution in [0, 0.1) is 64.1 Å². The minimum atomic E-state index is -3.43. The van der Waals surface area contributed by atoms with Gasteiger partial charge in [0.25, 0.3) is 10.1 Å². The first-order valence-electron chi connectivity index (χ1n) is 22.9. The van der Waals surface area contributed by atoms with Crippen molar-refractivity contribution in [3.63, 3.8) is 0 Å². The van der Waals surface area contributed by atoms with Crippen molar-refractivity contribution in [1.29, 1.82) is 0 Å². The highest BCUT2D eigenvalue weighted by molar-refractivity contribution is 7.87. The van der Waals surface area contributed by atoms with Crippen LogP contribution in [-0.2, 0) is 42.9 Å². The molecule has 0 aromatic rings. The van der Waals surface area contributed by atoms with Crippen LogP contribution in [0.3, 0.4) is 0 Å². The summed E-state index contributed by atoms with van der Waals surface area (Å²) in [6, 6.07) is 0. The summed E-state index contributed by atoms with van der Waals surface area (Å²) < 4.78 is 46.5. The van der Waals surface area contributed by atoms with Gasteiger partial charge >= 0.3 is 17.9 Å². The molecule has 0 aromatic carbocycles. The molecular formula is C52H98O10S. The number of aliphatic hydroxyl groups is 1. The van der Waals surface area contributed by atoms with Gasteiger partial charge in [-0.15, -0.1) is 0 Å². The number of ether oxygens (including phenoxy) is 3. The van der Waals surface area contributed by atoms with E-state index in [9.17, 15) is 27.9 Å². The lowest BCUT2D eigenvalue weighted by Gasteiger charge is -2.60. The van der Waals surface area contributed by atoms with Crippen molar-refractivity contribution < 1.29 is 46.3 Å². The Morgan fingerprint density at radius 1 is 0.698 bits per heavy atom. The Labute approximate surface area is 387 Å². The third-order valence-electron chi connectivity index (χ3n) is 17.2. The Hall–Kier alpha value is -1.72. The first kappa shape index (κ1) is 59.3. The molecular weight excluding hydrogens is 817 g/mol. The fraction of sp³-hybridized carbons (Fsp3) is 0.942. The van der Waals surface area contributed by atoms with E-state index in [4.69, 9.17) is 18.4 Å². The zero-order chi connectivity index (χ0) is 41.5. The smallest absolute Gasteiger partial charge is 0.312 e. The summed E-state index contributed by atoms with van der Waals surface area (Å²) in [5.41, 5.74) is -1.87. The average molecular weight is 915 g/mol. The van der Waals surface area contributed by atoms with Gasteiger partial charge in [0.2, 0.25) is 0 Å². The van der Waals surface area contributed by atoms with Gasteiger partial charge in [0.15, 0.2) is 0 Å². The molecule has 11 fully saturated rings. The molecule has 0 spiro atoms. The molecule has 10 nitrogen and oxygen atoms in total. The molecule has 372 valence electrons. The summed E-state index contributed by atoms with van der Waals surface area (Å²) in [5, 5.41) is 10.2. The SMILES string of the molecule is C.C.C.C.C.C.CCC(C)(C)C(=O)OC1(CC)C2CC3CC(C2)CC1C3.CCC(C)(C)C(=O)OC1C2CC3C1OS(=O)(=O)C3C2.CCC(C)C(=O)OC12CC3CC(CC(O)(C3)C1)C2. The molecule has 1 heterocycles. The molecule has 10 aliphatic carbocycles. The van der Waals surface area contributed by atoms with E-state index in [0.29, 0.717) is 42.9 Å². The second-order valence-electron chi connectivity index (χ2n) is 21.9. The molecule has 0 aromatic heterocycles. The van der Waals surface area contributed by atoms with E-state index < -0.39 is 27.2 Å². The van der Waals surface area contributed by atoms with Crippen molar-refractivity contribution in [1.82, 2.24) is 0 Å². The first-order valence-corrected chi connectivity index (χ1v) is 24.4. The maximum atomic E-state index is 12.6. The number of hydrogen-bond acceptors (Lipinski definition) is 10. The van der Waals surface area contributed by atoms with Crippen molar-refractivity contribution in [2.24, 2.45) is 64.1 Å². The number of esters is 3. The first-order chi connectivity index (χ1) is 26.6. The van der Waals surface area contributed by atoms with E-state index in [1.807, 2.05) is 48.5 Å². The molecule has 11 aliphatic rings. The standard InChI is InChI=1S/C18H30O2.C15H24O3.C13H20O5S.6CH4/c1-5-17(3,4)16(19)20-18(6-2)14-8-12-7-13(10-14)11-15(18)9-12;1-3-10(2)13(16)18-15-7-11-4-12(8-15)6-14(17,5-11)9-15;1-4-13(2,3)12(14)17-10-7-5-8-9(6-7)19(15,16)18-11(8)10;;;;;;/h12-15H,5-11H2,1-4H3;10-12,17H,3-9H2,1-2H3;7-11H,4-6H2,1-3H3;6*1H4. The quantitative estimate of drug-likeness (QED) is 0.128. The Bertz CT molecular complexity index is 1610. The Morgan fingerprint density at radius 3 is 1.65 bits per heavy atom. The summed E-state index contributed by atoms with van der Waals surface area (Å²) in [5.74, 6) is 4.14. The molecule has 10 bridgehead atoms. The van der Waals surface area contributed by atoms with Crippen LogP contribution in [0.25, 0.3) is 0 Å². The van der Waals surface area contributed by atoms with Crippen LogP contribution in [0.2, 0.25) is 0 Å². The van der Waals surface area contributed by atoms with Crippen LogP contribution in [0.4, 0.5) is 0 Å². The van der Waals surface area contributed by atoms with E-state index in [1.165, 1.54) is 38.5 Å². The van der Waals surface area contributed by atoms with E-state index in [2.05, 4.69) is 13.8 Å². The van der Waals surface area contributed by atoms with Gasteiger partial charge in [-0.05, 0) is 166 Å². The summed E-state index contributed by atoms with van der Waals surface area (Å²) in [4.78, 5) is 36.8. The molecule has 11 heteroatoms. The minimum Gasteiger partial charge on any atom is -0.459 e. The topological polar surface area (TPSA) is 142 Å². The Balaban J connectivity index is 0.000000452. The fourth-order valence-electron chi connectivity index (χ4n) is 13.5. The van der Waals surface area contributed by atoms with Crippen molar-refractivity contribution in [3.8, 4) is 0 Å². The van der Waals surface area contributed by atoms with Crippen LogP contribution in [0.1, 0.15) is 216 Å². The Morgan fingerprint density at radius 2 is 1.19 bits per heavy atom. The second kappa shape index (κ2) is 21.1. The van der Waals surface area contributed by atoms with Crippen LogP contribution in [-0.4, -0.2) is 65.7 Å². The summed E-state index contributed by atoms with van der Waals surface area (Å²) in [6.45, 7) is 17.9. The van der Waals surface area contributed by atoms with Crippen LogP contribution >= 0.6 is 0 Å². The van der Waals surface area contributed by atoms with Gasteiger partial charge in [-0.3, -0.25) is 18.6 Å². The lowest BCUT2D eigenvalue weighted by Crippen LogP contribution is -2.60. The third-order valence-corrected chi connectivity index (χ3v) is 19.0. The molecule has 63 heavy (non-hydrogen) atoms. The Kier molecular flexibility index (Phi) is 19.8. The van der Waals surface area contributed by atoms with Crippen molar-refractivity contribution >= 4 is 28.0 Å². The van der Waals surface area contributed by atoms with Gasteiger partial charge in [-0.1, -0.05) is 79.2 Å². The fourth-order valence-corrected chi connectivity index (χ4v) is 15.3. The number of carbonyl (C=O) groups excluding carboxylic acids is 3. The molecule has 0 amide bonds. The van der Waals surface area contributed by atoms with Gasteiger partial charge in [0.05, 0.1) is 27.6 Å². The maximum absolute atomic E-state index is 12.6. The average Bonchev–Trinajstić information content (AvgIpc) is 3.76. The zero-order valence-corrected chi connectivity index (χ0v) is 37.3. The normalized spacial score (nSPS) is 39.9. The van der Waals surface area contributed by atoms with Crippen LogP contribution in [0.15, 0.2) is 0 Å². The monoisotopic (exact) mass is 915 g/mol. The molecule has 8 unspecified atom stereocenters. The van der Waals surface area contributed by atoms with E-state index in [0.717, 1.165) is 63.2 Å². The van der Waals surface area contributed by atoms with Crippen LogP contribution in [0.5, 0.6) is 0 Å². The van der Waals surface area contributed by atoms with Crippen LogP contribution < -0.4 is 0 Å². The van der Waals surface area contributed by atoms with Gasteiger partial charge < -0.3 is 19.3 Å². The second-order valence-corrected chi connectivity index (χ2v) is 23.7. The van der Waals surface area contributed by atoms with E-state index in [-0.39, 0.29) is 108 Å². The van der Waals surface area contributed by atoms with Gasteiger partial charge in [0, 0.05) is 18.3 Å². The predicted octanol–water partition coefficient (Wildman–Crippen LogP) is 12.5. The van der Waals surface area contributed by atoms with Crippen molar-refractivity contribution in [2.45, 2.75) is 250 Å². The number of fused-ring (bicyclic) bond motifs is 1. The zero-order valence-electron chi connectivity index (χ0n) is 36.5. The molecule has 1 aliphatic heterocycles. The summed E-state index contributed by atoms with van der Waals surface area (Å²) in [6.07, 6.45) is 16.3. The molecule has 11 rings (SSSR count). The van der Waals surface area contributed by atoms with E-state index >= 15 is 0 Å². The van der Waals surface area contributed by atoms with Gasteiger partial charge in [-0.2, -0.15) is 8.42 Å². The van der Waals surface area contributed by atoms with Gasteiger partial charge in [-0.25, -0.2) is 0 Å². The predicted molar refractivity (Wildman–Crippen MR) is 256 cm³/mol. The number of rotatable bonds is 10.